The van der Waals surface area contributed by atoms with E-state index >= 15 is 0 Å². The van der Waals surface area contributed by atoms with Gasteiger partial charge in [-0.05, 0) is 39.5 Å². The fourth-order valence-corrected chi connectivity index (χ4v) is 2.61. The summed E-state index contributed by atoms with van der Waals surface area (Å²) in [5.41, 5.74) is 2.56. The summed E-state index contributed by atoms with van der Waals surface area (Å²) in [4.78, 5) is 16.3. The largest absolute Gasteiger partial charge is 0.466 e. The summed E-state index contributed by atoms with van der Waals surface area (Å²) in [6.45, 7) is 6.93. The Kier molecular flexibility index (Phi) is 4.04. The molecule has 0 fully saturated rings. The second kappa shape index (κ2) is 5.55. The summed E-state index contributed by atoms with van der Waals surface area (Å²) in [6.07, 6.45) is 4.63. The number of hydrogen-bond acceptors (Lipinski definition) is 3. The smallest absolute Gasteiger partial charge is 0.310 e. The second-order valence-corrected chi connectivity index (χ2v) is 5.02. The molecular weight excluding hydrogens is 228 g/mol. The monoisotopic (exact) mass is 250 g/mol. The zero-order valence-corrected chi connectivity index (χ0v) is 11.5. The molecule has 4 heteroatoms. The van der Waals surface area contributed by atoms with Gasteiger partial charge in [-0.1, -0.05) is 6.92 Å². The minimum Gasteiger partial charge on any atom is -0.466 e. The summed E-state index contributed by atoms with van der Waals surface area (Å²) in [6, 6.07) is 0. The van der Waals surface area contributed by atoms with Crippen LogP contribution in [-0.2, 0) is 28.9 Å². The standard InChI is InChI=1S/C14H22N2O2/c1-4-18-14(17)10(2)9-16-11(3)15-12-7-5-6-8-13(12)16/h10H,4-9H2,1-3H3. The van der Waals surface area contributed by atoms with Crippen molar-refractivity contribution in [2.45, 2.75) is 53.0 Å². The van der Waals surface area contributed by atoms with Gasteiger partial charge in [0, 0.05) is 12.2 Å². The molecule has 1 aromatic rings. The van der Waals surface area contributed by atoms with Gasteiger partial charge < -0.3 is 9.30 Å². The van der Waals surface area contributed by atoms with E-state index in [0.717, 1.165) is 18.7 Å². The second-order valence-electron chi connectivity index (χ2n) is 5.02. The van der Waals surface area contributed by atoms with Crippen LogP contribution in [0.15, 0.2) is 0 Å². The van der Waals surface area contributed by atoms with Crippen molar-refractivity contribution < 1.29 is 9.53 Å². The Morgan fingerprint density at radius 2 is 2.17 bits per heavy atom. The summed E-state index contributed by atoms with van der Waals surface area (Å²) in [5, 5.41) is 0. The molecule has 18 heavy (non-hydrogen) atoms. The van der Waals surface area contributed by atoms with Crippen molar-refractivity contribution in [2.24, 2.45) is 5.92 Å². The third-order valence-corrected chi connectivity index (χ3v) is 3.57. The van der Waals surface area contributed by atoms with E-state index in [1.165, 1.54) is 24.2 Å². The fourth-order valence-electron chi connectivity index (χ4n) is 2.61. The van der Waals surface area contributed by atoms with Crippen LogP contribution >= 0.6 is 0 Å². The molecule has 1 atom stereocenters. The summed E-state index contributed by atoms with van der Waals surface area (Å²) >= 11 is 0. The number of carbonyl (C=O) groups is 1. The molecule has 0 aromatic carbocycles. The Bertz CT molecular complexity index is 437. The highest BCUT2D eigenvalue weighted by Gasteiger charge is 2.22. The van der Waals surface area contributed by atoms with E-state index in [2.05, 4.69) is 9.55 Å². The number of fused-ring (bicyclic) bond motifs is 1. The summed E-state index contributed by atoms with van der Waals surface area (Å²) in [7, 11) is 0. The zero-order valence-electron chi connectivity index (χ0n) is 11.5. The lowest BCUT2D eigenvalue weighted by molar-refractivity contribution is -0.147. The van der Waals surface area contributed by atoms with Crippen LogP contribution in [0, 0.1) is 12.8 Å². The highest BCUT2D eigenvalue weighted by molar-refractivity contribution is 5.71. The Morgan fingerprint density at radius 3 is 2.89 bits per heavy atom. The molecule has 1 unspecified atom stereocenters. The van der Waals surface area contributed by atoms with Gasteiger partial charge in [-0.2, -0.15) is 0 Å². The molecular formula is C14H22N2O2. The maximum atomic E-state index is 11.7. The van der Waals surface area contributed by atoms with Gasteiger partial charge >= 0.3 is 5.97 Å². The zero-order chi connectivity index (χ0) is 13.1. The van der Waals surface area contributed by atoms with Gasteiger partial charge in [-0.25, -0.2) is 4.98 Å². The molecule has 1 heterocycles. The number of nitrogens with zero attached hydrogens (tertiary/aromatic N) is 2. The van der Waals surface area contributed by atoms with E-state index in [1.807, 2.05) is 20.8 Å². The molecule has 0 bridgehead atoms. The fraction of sp³-hybridized carbons (Fsp3) is 0.714. The van der Waals surface area contributed by atoms with E-state index in [-0.39, 0.29) is 11.9 Å². The van der Waals surface area contributed by atoms with E-state index in [4.69, 9.17) is 4.74 Å². The molecule has 0 spiro atoms. The van der Waals surface area contributed by atoms with E-state index in [1.54, 1.807) is 0 Å². The van der Waals surface area contributed by atoms with Crippen molar-refractivity contribution in [1.29, 1.82) is 0 Å². The average molecular weight is 250 g/mol. The Labute approximate surface area is 108 Å². The van der Waals surface area contributed by atoms with Crippen molar-refractivity contribution in [1.82, 2.24) is 9.55 Å². The van der Waals surface area contributed by atoms with E-state index in [9.17, 15) is 4.79 Å². The van der Waals surface area contributed by atoms with Gasteiger partial charge in [0.25, 0.3) is 0 Å². The van der Waals surface area contributed by atoms with Crippen molar-refractivity contribution in [3.8, 4) is 0 Å². The Hall–Kier alpha value is -1.32. The van der Waals surface area contributed by atoms with Crippen molar-refractivity contribution in [3.63, 3.8) is 0 Å². The van der Waals surface area contributed by atoms with Crippen LogP contribution in [0.3, 0.4) is 0 Å². The number of hydrogen-bond donors (Lipinski definition) is 0. The molecule has 0 amide bonds. The van der Waals surface area contributed by atoms with E-state index in [0.29, 0.717) is 13.2 Å². The van der Waals surface area contributed by atoms with Gasteiger partial charge in [-0.15, -0.1) is 0 Å². The lowest BCUT2D eigenvalue weighted by atomic mass is 10.0. The van der Waals surface area contributed by atoms with Crippen LogP contribution in [0.1, 0.15) is 43.9 Å². The van der Waals surface area contributed by atoms with Gasteiger partial charge in [0.05, 0.1) is 18.2 Å². The highest BCUT2D eigenvalue weighted by atomic mass is 16.5. The molecule has 0 aliphatic heterocycles. The van der Waals surface area contributed by atoms with Gasteiger partial charge in [0.15, 0.2) is 0 Å². The number of aryl methyl sites for hydroxylation is 2. The summed E-state index contributed by atoms with van der Waals surface area (Å²) in [5.74, 6) is 0.803. The number of aromatic nitrogens is 2. The summed E-state index contributed by atoms with van der Waals surface area (Å²) < 4.78 is 7.27. The Morgan fingerprint density at radius 1 is 1.44 bits per heavy atom. The van der Waals surface area contributed by atoms with Gasteiger partial charge in [0.2, 0.25) is 0 Å². The third kappa shape index (κ3) is 2.57. The Balaban J connectivity index is 2.13. The van der Waals surface area contributed by atoms with Crippen LogP contribution in [0.5, 0.6) is 0 Å². The maximum absolute atomic E-state index is 11.7. The highest BCUT2D eigenvalue weighted by Crippen LogP contribution is 2.23. The predicted octanol–water partition coefficient (Wildman–Crippen LogP) is 2.27. The maximum Gasteiger partial charge on any atom is 0.310 e. The number of imidazole rings is 1. The SMILES string of the molecule is CCOC(=O)C(C)Cn1c(C)nc2c1CCCC2. The molecule has 2 rings (SSSR count). The van der Waals surface area contributed by atoms with Crippen LogP contribution in [0.2, 0.25) is 0 Å². The van der Waals surface area contributed by atoms with E-state index < -0.39 is 0 Å². The first-order valence-electron chi connectivity index (χ1n) is 6.85. The molecule has 0 saturated heterocycles. The lowest BCUT2D eigenvalue weighted by Gasteiger charge is -2.17. The minimum absolute atomic E-state index is 0.108. The van der Waals surface area contributed by atoms with Crippen molar-refractivity contribution >= 4 is 5.97 Å². The van der Waals surface area contributed by atoms with Crippen LogP contribution in [-0.4, -0.2) is 22.1 Å². The quantitative estimate of drug-likeness (QED) is 0.770. The van der Waals surface area contributed by atoms with Crippen LogP contribution in [0.25, 0.3) is 0 Å². The first-order valence-corrected chi connectivity index (χ1v) is 6.85. The number of esters is 1. The molecule has 4 nitrogen and oxygen atoms in total. The minimum atomic E-state index is -0.116. The van der Waals surface area contributed by atoms with Crippen LogP contribution in [0.4, 0.5) is 0 Å². The molecule has 0 saturated carbocycles. The number of ether oxygens (including phenoxy) is 1. The molecule has 1 aromatic heterocycles. The van der Waals surface area contributed by atoms with Crippen molar-refractivity contribution in [2.75, 3.05) is 6.61 Å². The van der Waals surface area contributed by atoms with Crippen LogP contribution < -0.4 is 0 Å². The topological polar surface area (TPSA) is 44.1 Å². The lowest BCUT2D eigenvalue weighted by Crippen LogP contribution is -2.22. The third-order valence-electron chi connectivity index (χ3n) is 3.57. The first kappa shape index (κ1) is 13.1. The normalized spacial score (nSPS) is 16.2. The molecule has 0 N–H and O–H groups in total. The van der Waals surface area contributed by atoms with Gasteiger partial charge in [-0.3, -0.25) is 4.79 Å². The molecule has 100 valence electrons. The molecule has 1 aliphatic carbocycles. The molecule has 1 aliphatic rings. The first-order chi connectivity index (χ1) is 8.63. The average Bonchev–Trinajstić information content (AvgIpc) is 2.66. The predicted molar refractivity (Wildman–Crippen MR) is 69.4 cm³/mol. The molecule has 0 radical (unpaired) electrons. The van der Waals surface area contributed by atoms with Crippen molar-refractivity contribution in [3.05, 3.63) is 17.2 Å². The number of carbonyl (C=O) groups excluding carboxylic acids is 1. The van der Waals surface area contributed by atoms with Gasteiger partial charge in [0.1, 0.15) is 5.82 Å². The number of rotatable bonds is 4.